The minimum atomic E-state index is -0.0217. The number of nitrogens with zero attached hydrogens (tertiary/aromatic N) is 3. The van der Waals surface area contributed by atoms with Crippen molar-refractivity contribution in [2.45, 2.75) is 45.3 Å². The molecule has 0 saturated heterocycles. The van der Waals surface area contributed by atoms with E-state index in [-0.39, 0.29) is 18.0 Å². The van der Waals surface area contributed by atoms with Crippen LogP contribution in [0.2, 0.25) is 0 Å². The average Bonchev–Trinajstić information content (AvgIpc) is 3.37. The Hall–Kier alpha value is -2.45. The van der Waals surface area contributed by atoms with Gasteiger partial charge in [-0.25, -0.2) is 0 Å². The van der Waals surface area contributed by atoms with Gasteiger partial charge in [0.05, 0.1) is 17.9 Å². The Morgan fingerprint density at radius 2 is 2.14 bits per heavy atom. The Kier molecular flexibility index (Phi) is 5.59. The van der Waals surface area contributed by atoms with Gasteiger partial charge in [-0.3, -0.25) is 5.10 Å². The number of H-pyrrole nitrogens is 1. The van der Waals surface area contributed by atoms with Gasteiger partial charge in [-0.2, -0.15) is 5.10 Å². The van der Waals surface area contributed by atoms with Gasteiger partial charge >= 0.3 is 0 Å². The molecule has 0 spiro atoms. The largest absolute Gasteiger partial charge is 0.507 e. The van der Waals surface area contributed by atoms with E-state index in [1.54, 1.807) is 18.5 Å². The minimum Gasteiger partial charge on any atom is -0.507 e. The summed E-state index contributed by atoms with van der Waals surface area (Å²) in [6.45, 7) is 4.88. The molecule has 3 atom stereocenters. The van der Waals surface area contributed by atoms with E-state index in [0.29, 0.717) is 28.3 Å². The normalized spacial score (nSPS) is 22.3. The van der Waals surface area contributed by atoms with E-state index in [0.717, 1.165) is 30.4 Å². The molecule has 0 radical (unpaired) electrons. The number of phenols is 1. The van der Waals surface area contributed by atoms with Crippen LogP contribution in [0, 0.1) is 5.92 Å². The number of phenolic OH excluding ortho intramolecular Hbond substituents is 1. The lowest BCUT2D eigenvalue weighted by molar-refractivity contribution is -0.0649. The number of hydrogen-bond acceptors (Lipinski definition) is 7. The van der Waals surface area contributed by atoms with Crippen LogP contribution in [0.25, 0.3) is 21.7 Å². The summed E-state index contributed by atoms with van der Waals surface area (Å²) < 4.78 is 12.1. The Morgan fingerprint density at radius 1 is 1.25 bits per heavy atom. The van der Waals surface area contributed by atoms with Crippen molar-refractivity contribution in [3.05, 3.63) is 30.6 Å². The molecule has 148 valence electrons. The molecule has 0 amide bonds. The zero-order valence-electron chi connectivity index (χ0n) is 16.0. The van der Waals surface area contributed by atoms with Crippen molar-refractivity contribution in [1.29, 1.82) is 0 Å². The van der Waals surface area contributed by atoms with Crippen LogP contribution in [0.5, 0.6) is 10.9 Å². The van der Waals surface area contributed by atoms with Gasteiger partial charge in [0, 0.05) is 18.4 Å². The van der Waals surface area contributed by atoms with Crippen LogP contribution in [-0.2, 0) is 4.74 Å². The van der Waals surface area contributed by atoms with E-state index in [1.807, 2.05) is 19.1 Å². The first-order valence-electron chi connectivity index (χ1n) is 9.60. The third kappa shape index (κ3) is 3.88. The van der Waals surface area contributed by atoms with Gasteiger partial charge in [-0.15, -0.1) is 5.10 Å². The number of ether oxygens (including phenoxy) is 2. The van der Waals surface area contributed by atoms with Gasteiger partial charge in [0.1, 0.15) is 11.9 Å². The summed E-state index contributed by atoms with van der Waals surface area (Å²) >= 11 is 1.34. The quantitative estimate of drug-likeness (QED) is 0.642. The molecular weight excluding hydrogens is 376 g/mol. The molecule has 2 N–H and O–H groups in total. The lowest BCUT2D eigenvalue weighted by atomic mass is 9.85. The van der Waals surface area contributed by atoms with E-state index in [2.05, 4.69) is 27.3 Å². The second-order valence-electron chi connectivity index (χ2n) is 7.08. The van der Waals surface area contributed by atoms with Gasteiger partial charge in [0.25, 0.3) is 5.19 Å². The van der Waals surface area contributed by atoms with Crippen LogP contribution in [0.1, 0.15) is 33.1 Å². The lowest BCUT2D eigenvalue weighted by Crippen LogP contribution is -2.42. The van der Waals surface area contributed by atoms with Crippen LogP contribution in [-0.4, -0.2) is 44.3 Å². The Morgan fingerprint density at radius 3 is 2.89 bits per heavy atom. The number of aromatic hydroxyl groups is 1. The summed E-state index contributed by atoms with van der Waals surface area (Å²) in [5.74, 6) is 0.555. The summed E-state index contributed by atoms with van der Waals surface area (Å²) in [6, 6.07) is 5.47. The molecule has 0 aliphatic heterocycles. The maximum Gasteiger partial charge on any atom is 0.294 e. The predicted octanol–water partition coefficient (Wildman–Crippen LogP) is 4.27. The fraction of sp³-hybridized carbons (Fsp3) is 0.450. The molecule has 1 aromatic carbocycles. The summed E-state index contributed by atoms with van der Waals surface area (Å²) in [6.07, 6.45) is 6.84. The molecule has 1 aliphatic rings. The molecular formula is C20H24N4O3S. The molecule has 1 saturated carbocycles. The molecule has 2 heterocycles. The standard InChI is InChI=1S/C20H24N4O3S/c1-3-26-17-6-4-5-12(2)18(17)27-20-24-23-19(28-20)15-8-7-13(9-16(15)25)14-10-21-22-11-14/h7-12,17-18,25H,3-6H2,1-2H3,(H,21,22)/t12-,17?,18-/m1/s1. The highest BCUT2D eigenvalue weighted by molar-refractivity contribution is 7.16. The zero-order chi connectivity index (χ0) is 19.5. The number of hydrogen-bond donors (Lipinski definition) is 2. The highest BCUT2D eigenvalue weighted by atomic mass is 32.1. The Labute approximate surface area is 167 Å². The van der Waals surface area contributed by atoms with E-state index >= 15 is 0 Å². The van der Waals surface area contributed by atoms with Crippen molar-refractivity contribution in [2.75, 3.05) is 6.61 Å². The van der Waals surface area contributed by atoms with Gasteiger partial charge < -0.3 is 14.6 Å². The molecule has 4 rings (SSSR count). The van der Waals surface area contributed by atoms with Crippen molar-refractivity contribution in [3.8, 4) is 32.6 Å². The van der Waals surface area contributed by atoms with Gasteiger partial charge in [0.15, 0.2) is 5.01 Å². The molecule has 0 bridgehead atoms. The van der Waals surface area contributed by atoms with E-state index in [1.165, 1.54) is 11.3 Å². The average molecular weight is 401 g/mol. The van der Waals surface area contributed by atoms with Gasteiger partial charge in [-0.1, -0.05) is 35.8 Å². The summed E-state index contributed by atoms with van der Waals surface area (Å²) in [5, 5.41) is 26.7. The first-order valence-corrected chi connectivity index (χ1v) is 10.4. The molecule has 1 unspecified atom stereocenters. The van der Waals surface area contributed by atoms with E-state index in [9.17, 15) is 5.11 Å². The maximum atomic E-state index is 10.5. The van der Waals surface area contributed by atoms with Crippen LogP contribution < -0.4 is 4.74 Å². The summed E-state index contributed by atoms with van der Waals surface area (Å²) in [5.41, 5.74) is 2.43. The van der Waals surface area contributed by atoms with E-state index in [4.69, 9.17) is 9.47 Å². The molecule has 3 aromatic rings. The zero-order valence-corrected chi connectivity index (χ0v) is 16.8. The molecule has 2 aromatic heterocycles. The topological polar surface area (TPSA) is 93.2 Å². The van der Waals surface area contributed by atoms with Crippen molar-refractivity contribution in [2.24, 2.45) is 5.92 Å². The first kappa shape index (κ1) is 18.9. The molecule has 1 aliphatic carbocycles. The highest BCUT2D eigenvalue weighted by Gasteiger charge is 2.34. The Bertz CT molecular complexity index is 910. The summed E-state index contributed by atoms with van der Waals surface area (Å²) in [4.78, 5) is 0. The van der Waals surface area contributed by atoms with Crippen molar-refractivity contribution >= 4 is 11.3 Å². The van der Waals surface area contributed by atoms with Crippen molar-refractivity contribution < 1.29 is 14.6 Å². The molecule has 7 nitrogen and oxygen atoms in total. The van der Waals surface area contributed by atoms with Crippen LogP contribution in [0.3, 0.4) is 0 Å². The first-order chi connectivity index (χ1) is 13.7. The van der Waals surface area contributed by atoms with Gasteiger partial charge in [-0.05, 0) is 43.4 Å². The number of benzene rings is 1. The molecule has 28 heavy (non-hydrogen) atoms. The summed E-state index contributed by atoms with van der Waals surface area (Å²) in [7, 11) is 0. The fourth-order valence-electron chi connectivity index (χ4n) is 3.70. The predicted molar refractivity (Wildman–Crippen MR) is 107 cm³/mol. The highest BCUT2D eigenvalue weighted by Crippen LogP contribution is 2.38. The third-order valence-electron chi connectivity index (χ3n) is 5.16. The number of aromatic amines is 1. The second kappa shape index (κ2) is 8.28. The molecule has 1 fully saturated rings. The van der Waals surface area contributed by atoms with Crippen molar-refractivity contribution in [1.82, 2.24) is 20.4 Å². The smallest absolute Gasteiger partial charge is 0.294 e. The van der Waals surface area contributed by atoms with Crippen LogP contribution in [0.15, 0.2) is 30.6 Å². The fourth-order valence-corrected chi connectivity index (χ4v) is 4.47. The molecule has 8 heteroatoms. The maximum absolute atomic E-state index is 10.5. The Balaban J connectivity index is 1.52. The number of nitrogens with one attached hydrogen (secondary N) is 1. The second-order valence-corrected chi connectivity index (χ2v) is 8.02. The van der Waals surface area contributed by atoms with Crippen LogP contribution in [0.4, 0.5) is 0 Å². The monoisotopic (exact) mass is 400 g/mol. The third-order valence-corrected chi connectivity index (χ3v) is 6.01. The minimum absolute atomic E-state index is 0.0217. The SMILES string of the molecule is CCOC1CCC[C@@H](C)[C@H]1Oc1nnc(-c2ccc(-c3cn[nH]c3)cc2O)s1. The van der Waals surface area contributed by atoms with Crippen molar-refractivity contribution in [3.63, 3.8) is 0 Å². The number of aromatic nitrogens is 4. The van der Waals surface area contributed by atoms with Crippen LogP contribution >= 0.6 is 11.3 Å². The van der Waals surface area contributed by atoms with E-state index < -0.39 is 0 Å². The number of rotatable bonds is 6. The van der Waals surface area contributed by atoms with Gasteiger partial charge in [0.2, 0.25) is 0 Å². The lowest BCUT2D eigenvalue weighted by Gasteiger charge is -2.35.